The first-order chi connectivity index (χ1) is 18.4. The average Bonchev–Trinajstić information content (AvgIpc) is 3.46. The monoisotopic (exact) mass is 553 g/mol. The Morgan fingerprint density at radius 2 is 1.36 bits per heavy atom. The molecule has 1 aromatic heterocycles. The van der Waals surface area contributed by atoms with Crippen molar-refractivity contribution in [2.75, 3.05) is 14.2 Å². The van der Waals surface area contributed by atoms with Crippen molar-refractivity contribution in [2.24, 2.45) is 0 Å². The van der Waals surface area contributed by atoms with Gasteiger partial charge in [0.15, 0.2) is 5.03 Å². The zero-order valence-corrected chi connectivity index (χ0v) is 24.1. The fourth-order valence-corrected chi connectivity index (χ4v) is 5.40. The zero-order chi connectivity index (χ0) is 28.3. The second kappa shape index (κ2) is 11.6. The van der Waals surface area contributed by atoms with Crippen molar-refractivity contribution in [2.45, 2.75) is 63.6 Å². The van der Waals surface area contributed by atoms with Crippen LogP contribution in [0.2, 0.25) is 0 Å². The Hall–Kier alpha value is -3.12. The second-order valence-corrected chi connectivity index (χ2v) is 12.3. The summed E-state index contributed by atoms with van der Waals surface area (Å²) in [4.78, 5) is 0. The average molecular weight is 553 g/mol. The van der Waals surface area contributed by atoms with E-state index in [0.717, 1.165) is 11.1 Å². The van der Waals surface area contributed by atoms with Crippen molar-refractivity contribution in [1.29, 1.82) is 0 Å². The van der Waals surface area contributed by atoms with E-state index in [4.69, 9.17) is 18.8 Å². The number of ether oxygens (including phenoxy) is 2. The summed E-state index contributed by atoms with van der Waals surface area (Å²) in [5, 5.41) is 4.36. The standard InChI is InChI=1S/C28H36BN3O6S/c1-27(2)28(3,4)38-29(37-27)17-7-18-31-19-16-26(30-31)39(33,34)32(20-22-8-12-24(35-5)13-9-22)21-23-10-14-25(36-6)15-11-23/h7-17,19H,18,20-21H2,1-6H3. The number of benzene rings is 2. The highest BCUT2D eigenvalue weighted by Crippen LogP contribution is 2.36. The number of rotatable bonds is 11. The number of hydrogen-bond donors (Lipinski definition) is 0. The van der Waals surface area contributed by atoms with Gasteiger partial charge in [0, 0.05) is 19.3 Å². The van der Waals surface area contributed by atoms with Crippen LogP contribution < -0.4 is 9.47 Å². The molecule has 2 heterocycles. The molecule has 4 rings (SSSR count). The normalized spacial score (nSPS) is 16.7. The van der Waals surface area contributed by atoms with Gasteiger partial charge in [0.2, 0.25) is 0 Å². The predicted octanol–water partition coefficient (Wildman–Crippen LogP) is 4.48. The molecule has 11 heteroatoms. The minimum absolute atomic E-state index is 0.0199. The maximum Gasteiger partial charge on any atom is 0.486 e. The van der Waals surface area contributed by atoms with Crippen LogP contribution in [0.15, 0.2) is 77.9 Å². The van der Waals surface area contributed by atoms with E-state index in [9.17, 15) is 8.42 Å². The minimum Gasteiger partial charge on any atom is -0.497 e. The summed E-state index contributed by atoms with van der Waals surface area (Å²) < 4.78 is 53.0. The maximum absolute atomic E-state index is 13.8. The molecule has 1 aliphatic heterocycles. The summed E-state index contributed by atoms with van der Waals surface area (Å²) in [5.41, 5.74) is 0.813. The number of allylic oxidation sites excluding steroid dienone is 1. The van der Waals surface area contributed by atoms with E-state index in [2.05, 4.69) is 5.10 Å². The molecule has 0 saturated carbocycles. The smallest absolute Gasteiger partial charge is 0.486 e. The topological polar surface area (TPSA) is 92.1 Å². The summed E-state index contributed by atoms with van der Waals surface area (Å²) >= 11 is 0. The van der Waals surface area contributed by atoms with Gasteiger partial charge in [-0.3, -0.25) is 4.68 Å². The highest BCUT2D eigenvalue weighted by Gasteiger charge is 2.50. The van der Waals surface area contributed by atoms with Crippen molar-refractivity contribution in [3.8, 4) is 11.5 Å². The van der Waals surface area contributed by atoms with Crippen LogP contribution in [0, 0.1) is 0 Å². The van der Waals surface area contributed by atoms with Crippen molar-refractivity contribution in [3.63, 3.8) is 0 Å². The first kappa shape index (κ1) is 28.9. The largest absolute Gasteiger partial charge is 0.497 e. The number of methoxy groups -OCH3 is 2. The first-order valence-electron chi connectivity index (χ1n) is 12.8. The lowest BCUT2D eigenvalue weighted by Crippen LogP contribution is -2.41. The molecule has 1 aliphatic rings. The predicted molar refractivity (Wildman–Crippen MR) is 150 cm³/mol. The fourth-order valence-electron chi connectivity index (χ4n) is 4.06. The lowest BCUT2D eigenvalue weighted by atomic mass is 9.90. The van der Waals surface area contributed by atoms with Crippen molar-refractivity contribution >= 4 is 17.1 Å². The molecule has 0 bridgehead atoms. The van der Waals surface area contributed by atoms with Gasteiger partial charge >= 0.3 is 7.12 Å². The first-order valence-corrected chi connectivity index (χ1v) is 14.2. The summed E-state index contributed by atoms with van der Waals surface area (Å²) in [7, 11) is -1.20. The van der Waals surface area contributed by atoms with Gasteiger partial charge in [0.1, 0.15) is 11.5 Å². The Kier molecular flexibility index (Phi) is 8.55. The van der Waals surface area contributed by atoms with Gasteiger partial charge in [-0.15, -0.1) is 0 Å². The van der Waals surface area contributed by atoms with Crippen molar-refractivity contribution in [1.82, 2.24) is 14.1 Å². The molecule has 0 radical (unpaired) electrons. The van der Waals surface area contributed by atoms with Gasteiger partial charge in [-0.05, 0) is 69.2 Å². The molecule has 0 amide bonds. The number of sulfonamides is 1. The Morgan fingerprint density at radius 3 is 1.82 bits per heavy atom. The van der Waals surface area contributed by atoms with Gasteiger partial charge in [-0.2, -0.15) is 9.40 Å². The van der Waals surface area contributed by atoms with Gasteiger partial charge in [0.25, 0.3) is 10.0 Å². The van der Waals surface area contributed by atoms with Crippen LogP contribution >= 0.6 is 0 Å². The molecular formula is C28H36BN3O6S. The van der Waals surface area contributed by atoms with Crippen LogP contribution in [0.1, 0.15) is 38.8 Å². The van der Waals surface area contributed by atoms with Gasteiger partial charge in [-0.1, -0.05) is 36.3 Å². The SMILES string of the molecule is COc1ccc(CN(Cc2ccc(OC)cc2)S(=O)(=O)c2ccn(CC=CB3OC(C)(C)C(C)(C)O3)n2)cc1. The Morgan fingerprint density at radius 1 is 0.872 bits per heavy atom. The van der Waals surface area contributed by atoms with Crippen LogP contribution in [0.5, 0.6) is 11.5 Å². The van der Waals surface area contributed by atoms with E-state index in [1.807, 2.05) is 88.3 Å². The highest BCUT2D eigenvalue weighted by molar-refractivity contribution is 7.89. The van der Waals surface area contributed by atoms with Gasteiger partial charge in [-0.25, -0.2) is 8.42 Å². The third kappa shape index (κ3) is 6.73. The molecule has 1 fully saturated rings. The van der Waals surface area contributed by atoms with Gasteiger partial charge < -0.3 is 18.8 Å². The third-order valence-electron chi connectivity index (χ3n) is 7.11. The molecule has 0 atom stereocenters. The van der Waals surface area contributed by atoms with E-state index in [1.165, 1.54) is 10.4 Å². The van der Waals surface area contributed by atoms with Crippen LogP contribution in [-0.2, 0) is 39.0 Å². The summed E-state index contributed by atoms with van der Waals surface area (Å²) in [6, 6.07) is 16.2. The van der Waals surface area contributed by atoms with E-state index < -0.39 is 28.3 Å². The number of nitrogens with zero attached hydrogens (tertiary/aromatic N) is 3. The zero-order valence-electron chi connectivity index (χ0n) is 23.3. The van der Waals surface area contributed by atoms with Gasteiger partial charge in [0.05, 0.1) is 32.0 Å². The molecular weight excluding hydrogens is 517 g/mol. The maximum atomic E-state index is 13.8. The molecule has 39 heavy (non-hydrogen) atoms. The van der Waals surface area contributed by atoms with E-state index in [1.54, 1.807) is 25.1 Å². The molecule has 9 nitrogen and oxygen atoms in total. The molecule has 3 aromatic rings. The fraction of sp³-hybridized carbons (Fsp3) is 0.393. The molecule has 0 aliphatic carbocycles. The summed E-state index contributed by atoms with van der Waals surface area (Å²) in [6.07, 6.45) is 3.51. The van der Waals surface area contributed by atoms with E-state index in [0.29, 0.717) is 18.0 Å². The van der Waals surface area contributed by atoms with Crippen LogP contribution in [0.25, 0.3) is 0 Å². The second-order valence-electron chi connectivity index (χ2n) is 10.4. The van der Waals surface area contributed by atoms with E-state index in [-0.39, 0.29) is 18.1 Å². The Balaban J connectivity index is 1.51. The molecule has 208 valence electrons. The molecule has 1 saturated heterocycles. The van der Waals surface area contributed by atoms with Crippen LogP contribution in [0.4, 0.5) is 0 Å². The molecule has 0 unspecified atom stereocenters. The number of aromatic nitrogens is 2. The van der Waals surface area contributed by atoms with E-state index >= 15 is 0 Å². The molecule has 0 N–H and O–H groups in total. The quantitative estimate of drug-likeness (QED) is 0.324. The summed E-state index contributed by atoms with van der Waals surface area (Å²) in [5.74, 6) is 3.23. The van der Waals surface area contributed by atoms with Crippen LogP contribution in [-0.4, -0.2) is 55.0 Å². The lowest BCUT2D eigenvalue weighted by Gasteiger charge is -2.32. The highest BCUT2D eigenvalue weighted by atomic mass is 32.2. The Labute approximate surface area is 231 Å². The van der Waals surface area contributed by atoms with Crippen LogP contribution in [0.3, 0.4) is 0 Å². The van der Waals surface area contributed by atoms with Crippen molar-refractivity contribution in [3.05, 3.63) is 84.0 Å². The Bertz CT molecular complexity index is 1320. The number of hydrogen-bond acceptors (Lipinski definition) is 7. The third-order valence-corrected chi connectivity index (χ3v) is 8.80. The van der Waals surface area contributed by atoms with Crippen molar-refractivity contribution < 1.29 is 27.2 Å². The minimum atomic E-state index is -3.91. The summed E-state index contributed by atoms with van der Waals surface area (Å²) in [6.45, 7) is 8.70. The molecule has 2 aromatic carbocycles. The lowest BCUT2D eigenvalue weighted by molar-refractivity contribution is 0.00578. The molecule has 0 spiro atoms.